The molecule has 26 heavy (non-hydrogen) atoms. The first-order valence-corrected chi connectivity index (χ1v) is 8.77. The second kappa shape index (κ2) is 8.17. The van der Waals surface area contributed by atoms with E-state index in [1.807, 2.05) is 38.1 Å². The Balaban J connectivity index is 2.12. The first-order valence-electron chi connectivity index (χ1n) is 8.77. The van der Waals surface area contributed by atoms with Crippen LogP contribution >= 0.6 is 0 Å². The highest BCUT2D eigenvalue weighted by molar-refractivity contribution is 5.99. The van der Waals surface area contributed by atoms with E-state index in [-0.39, 0.29) is 29.7 Å². The second-order valence-corrected chi connectivity index (χ2v) is 7.84. The van der Waals surface area contributed by atoms with E-state index < -0.39 is 0 Å². The van der Waals surface area contributed by atoms with Gasteiger partial charge in [0.25, 0.3) is 5.91 Å². The maximum Gasteiger partial charge on any atom is 0.254 e. The predicted octanol–water partition coefficient (Wildman–Crippen LogP) is 3.71. The maximum atomic E-state index is 12.9. The largest absolute Gasteiger partial charge is 0.363 e. The van der Waals surface area contributed by atoms with Gasteiger partial charge in [-0.2, -0.15) is 0 Å². The van der Waals surface area contributed by atoms with Gasteiger partial charge < -0.3 is 14.7 Å². The van der Waals surface area contributed by atoms with Gasteiger partial charge in [0.05, 0.1) is 0 Å². The fourth-order valence-electron chi connectivity index (χ4n) is 2.59. The van der Waals surface area contributed by atoms with Crippen molar-refractivity contribution in [2.45, 2.75) is 40.0 Å². The molecule has 6 nitrogen and oxygen atoms in total. The van der Waals surface area contributed by atoms with Gasteiger partial charge in [0.15, 0.2) is 5.82 Å². The minimum Gasteiger partial charge on any atom is -0.363 e. The zero-order valence-corrected chi connectivity index (χ0v) is 16.1. The van der Waals surface area contributed by atoms with Gasteiger partial charge in [-0.15, -0.1) is 0 Å². The van der Waals surface area contributed by atoms with E-state index in [0.29, 0.717) is 17.9 Å². The third-order valence-electron chi connectivity index (χ3n) is 3.91. The molecule has 0 aliphatic rings. The molecule has 140 valence electrons. The number of amides is 2. The summed E-state index contributed by atoms with van der Waals surface area (Å²) in [5.74, 6) is 0.114. The summed E-state index contributed by atoms with van der Waals surface area (Å²) in [7, 11) is 0. The standard InChI is InChI=1S/C20H27N3O3/c1-14(2)12-23(13-18(24)21-17-10-11-26-22-17)19(25)15-6-8-16(9-7-15)20(3,4)5/h6-11,14H,12-13H2,1-5H3,(H,21,22,24). The van der Waals surface area contributed by atoms with Crippen molar-refractivity contribution >= 4 is 17.6 Å². The highest BCUT2D eigenvalue weighted by atomic mass is 16.5. The molecule has 1 aromatic carbocycles. The van der Waals surface area contributed by atoms with Gasteiger partial charge in [-0.3, -0.25) is 9.59 Å². The molecule has 0 spiro atoms. The van der Waals surface area contributed by atoms with Crippen LogP contribution in [0.3, 0.4) is 0 Å². The van der Waals surface area contributed by atoms with E-state index in [1.165, 1.54) is 6.26 Å². The molecule has 2 rings (SSSR count). The van der Waals surface area contributed by atoms with E-state index in [2.05, 4.69) is 31.2 Å². The van der Waals surface area contributed by atoms with Crippen LogP contribution in [0.1, 0.15) is 50.5 Å². The molecule has 0 saturated heterocycles. The summed E-state index contributed by atoms with van der Waals surface area (Å²) in [5.41, 5.74) is 1.76. The molecule has 1 N–H and O–H groups in total. The number of nitrogens with one attached hydrogen (secondary N) is 1. The molecule has 0 aliphatic carbocycles. The average Bonchev–Trinajstić information content (AvgIpc) is 3.05. The lowest BCUT2D eigenvalue weighted by atomic mass is 9.86. The maximum absolute atomic E-state index is 12.9. The van der Waals surface area contributed by atoms with Crippen LogP contribution in [0.25, 0.3) is 0 Å². The molecule has 6 heteroatoms. The number of benzene rings is 1. The van der Waals surface area contributed by atoms with Crippen LogP contribution in [0.5, 0.6) is 0 Å². The fraction of sp³-hybridized carbons (Fsp3) is 0.450. The molecule has 2 aromatic rings. The van der Waals surface area contributed by atoms with Gasteiger partial charge in [0, 0.05) is 18.2 Å². The van der Waals surface area contributed by atoms with Crippen molar-refractivity contribution in [1.82, 2.24) is 10.1 Å². The number of carbonyl (C=O) groups is 2. The van der Waals surface area contributed by atoms with Crippen molar-refractivity contribution in [2.75, 3.05) is 18.4 Å². The Labute approximate surface area is 154 Å². The van der Waals surface area contributed by atoms with Crippen LogP contribution in [-0.4, -0.2) is 35.0 Å². The SMILES string of the molecule is CC(C)CN(CC(=O)Nc1ccon1)C(=O)c1ccc(C(C)(C)C)cc1. The van der Waals surface area contributed by atoms with Gasteiger partial charge >= 0.3 is 0 Å². The molecule has 0 atom stereocenters. The summed E-state index contributed by atoms with van der Waals surface area (Å²) >= 11 is 0. The van der Waals surface area contributed by atoms with Crippen LogP contribution in [0.15, 0.2) is 41.1 Å². The van der Waals surface area contributed by atoms with Crippen molar-refractivity contribution < 1.29 is 14.1 Å². The second-order valence-electron chi connectivity index (χ2n) is 7.84. The lowest BCUT2D eigenvalue weighted by molar-refractivity contribution is -0.117. The van der Waals surface area contributed by atoms with Crippen molar-refractivity contribution in [2.24, 2.45) is 5.92 Å². The fourth-order valence-corrected chi connectivity index (χ4v) is 2.59. The summed E-state index contributed by atoms with van der Waals surface area (Å²) in [5, 5.41) is 6.27. The summed E-state index contributed by atoms with van der Waals surface area (Å²) < 4.78 is 4.70. The zero-order chi connectivity index (χ0) is 19.3. The highest BCUT2D eigenvalue weighted by Gasteiger charge is 2.21. The van der Waals surface area contributed by atoms with Crippen molar-refractivity contribution in [3.05, 3.63) is 47.7 Å². The summed E-state index contributed by atoms with van der Waals surface area (Å²) in [6.07, 6.45) is 1.38. The predicted molar refractivity (Wildman–Crippen MR) is 101 cm³/mol. The number of nitrogens with zero attached hydrogens (tertiary/aromatic N) is 2. The Morgan fingerprint density at radius 3 is 2.31 bits per heavy atom. The minimum atomic E-state index is -0.306. The van der Waals surface area contributed by atoms with Gasteiger partial charge in [-0.25, -0.2) is 0 Å². The minimum absolute atomic E-state index is 0.0245. The third-order valence-corrected chi connectivity index (χ3v) is 3.91. The molecule has 0 unspecified atom stereocenters. The van der Waals surface area contributed by atoms with E-state index in [9.17, 15) is 9.59 Å². The number of hydrogen-bond donors (Lipinski definition) is 1. The number of rotatable bonds is 6. The number of carbonyl (C=O) groups excluding carboxylic acids is 2. The lowest BCUT2D eigenvalue weighted by Gasteiger charge is -2.24. The van der Waals surface area contributed by atoms with Gasteiger partial charge in [-0.1, -0.05) is 51.9 Å². The van der Waals surface area contributed by atoms with Crippen LogP contribution in [0.4, 0.5) is 5.82 Å². The molecule has 0 saturated carbocycles. The molecule has 1 heterocycles. The van der Waals surface area contributed by atoms with E-state index >= 15 is 0 Å². The Kier molecular flexibility index (Phi) is 6.18. The molecule has 0 fully saturated rings. The van der Waals surface area contributed by atoms with E-state index in [0.717, 1.165) is 5.56 Å². The molecular formula is C20H27N3O3. The van der Waals surface area contributed by atoms with Crippen LogP contribution in [-0.2, 0) is 10.2 Å². The topological polar surface area (TPSA) is 75.4 Å². The monoisotopic (exact) mass is 357 g/mol. The Morgan fingerprint density at radius 1 is 1.15 bits per heavy atom. The van der Waals surface area contributed by atoms with E-state index in [4.69, 9.17) is 4.52 Å². The van der Waals surface area contributed by atoms with Crippen LogP contribution in [0, 0.1) is 5.92 Å². The molecule has 0 aliphatic heterocycles. The van der Waals surface area contributed by atoms with Gasteiger partial charge in [-0.05, 0) is 29.0 Å². The third kappa shape index (κ3) is 5.44. The Bertz CT molecular complexity index is 729. The molecule has 2 amide bonds. The summed E-state index contributed by atoms with van der Waals surface area (Å²) in [6, 6.07) is 9.14. The smallest absolute Gasteiger partial charge is 0.254 e. The number of anilines is 1. The summed E-state index contributed by atoms with van der Waals surface area (Å²) in [4.78, 5) is 26.7. The van der Waals surface area contributed by atoms with Crippen molar-refractivity contribution in [3.8, 4) is 0 Å². The van der Waals surface area contributed by atoms with Crippen molar-refractivity contribution in [1.29, 1.82) is 0 Å². The van der Waals surface area contributed by atoms with Crippen LogP contribution in [0.2, 0.25) is 0 Å². The highest BCUT2D eigenvalue weighted by Crippen LogP contribution is 2.22. The quantitative estimate of drug-likeness (QED) is 0.855. The number of hydrogen-bond acceptors (Lipinski definition) is 4. The molecular weight excluding hydrogens is 330 g/mol. The number of aromatic nitrogens is 1. The average molecular weight is 357 g/mol. The first kappa shape index (κ1) is 19.7. The van der Waals surface area contributed by atoms with Crippen molar-refractivity contribution in [3.63, 3.8) is 0 Å². The van der Waals surface area contributed by atoms with Gasteiger partial charge in [0.2, 0.25) is 5.91 Å². The molecule has 0 radical (unpaired) electrons. The van der Waals surface area contributed by atoms with E-state index in [1.54, 1.807) is 11.0 Å². The molecule has 0 bridgehead atoms. The van der Waals surface area contributed by atoms with Gasteiger partial charge in [0.1, 0.15) is 12.8 Å². The Hall–Kier alpha value is -2.63. The summed E-state index contributed by atoms with van der Waals surface area (Å²) in [6.45, 7) is 10.9. The zero-order valence-electron chi connectivity index (χ0n) is 16.1. The van der Waals surface area contributed by atoms with Crippen LogP contribution < -0.4 is 5.32 Å². The lowest BCUT2D eigenvalue weighted by Crippen LogP contribution is -2.40. The normalized spacial score (nSPS) is 11.5. The first-order chi connectivity index (χ1) is 12.2. The Morgan fingerprint density at radius 2 is 1.81 bits per heavy atom. The molecule has 1 aromatic heterocycles.